The number of nitrogens with zero attached hydrogens (tertiary/aromatic N) is 3. The number of hydrogen-bond acceptors (Lipinski definition) is 4. The summed E-state index contributed by atoms with van der Waals surface area (Å²) in [6.45, 7) is 7.86. The van der Waals surface area contributed by atoms with Gasteiger partial charge in [0.05, 0.1) is 5.69 Å². The maximum absolute atomic E-state index is 11.6. The van der Waals surface area contributed by atoms with Crippen LogP contribution in [0, 0.1) is 5.92 Å². The molecule has 0 saturated carbocycles. The Labute approximate surface area is 113 Å². The second kappa shape index (κ2) is 5.55. The van der Waals surface area contributed by atoms with Crippen LogP contribution in [0.25, 0.3) is 0 Å². The van der Waals surface area contributed by atoms with E-state index in [0.29, 0.717) is 30.1 Å². The lowest BCUT2D eigenvalue weighted by atomic mass is 10.0. The smallest absolute Gasteiger partial charge is 0.339 e. The van der Waals surface area contributed by atoms with Gasteiger partial charge in [-0.25, -0.2) is 4.79 Å². The lowest BCUT2D eigenvalue weighted by molar-refractivity contribution is 0.0695. The van der Waals surface area contributed by atoms with Gasteiger partial charge in [0.15, 0.2) is 5.82 Å². The van der Waals surface area contributed by atoms with E-state index in [1.165, 1.54) is 0 Å². The van der Waals surface area contributed by atoms with E-state index < -0.39 is 5.97 Å². The molecule has 19 heavy (non-hydrogen) atoms. The summed E-state index contributed by atoms with van der Waals surface area (Å²) < 4.78 is 0. The molecule has 5 heteroatoms. The number of carboxylic acids is 1. The summed E-state index contributed by atoms with van der Waals surface area (Å²) in [5.41, 5.74) is 1.99. The van der Waals surface area contributed by atoms with Crippen LogP contribution in [0.1, 0.15) is 48.8 Å². The number of anilines is 1. The molecule has 0 amide bonds. The highest BCUT2D eigenvalue weighted by Gasteiger charge is 2.27. The zero-order valence-electron chi connectivity index (χ0n) is 11.8. The molecule has 1 atom stereocenters. The van der Waals surface area contributed by atoms with Crippen molar-refractivity contribution in [3.8, 4) is 0 Å². The van der Waals surface area contributed by atoms with Crippen LogP contribution in [0.4, 0.5) is 5.82 Å². The number of carbonyl (C=O) groups is 1. The Morgan fingerprint density at radius 3 is 2.58 bits per heavy atom. The number of carboxylic acid groups (broad SMARTS) is 1. The summed E-state index contributed by atoms with van der Waals surface area (Å²) in [7, 11) is 0. The molecule has 104 valence electrons. The van der Waals surface area contributed by atoms with Crippen molar-refractivity contribution in [1.29, 1.82) is 0 Å². The lowest BCUT2D eigenvalue weighted by Gasteiger charge is -2.21. The quantitative estimate of drug-likeness (QED) is 0.901. The van der Waals surface area contributed by atoms with E-state index in [1.807, 2.05) is 13.8 Å². The van der Waals surface area contributed by atoms with Crippen molar-refractivity contribution in [3.63, 3.8) is 0 Å². The Hall–Kier alpha value is -1.65. The van der Waals surface area contributed by atoms with Crippen LogP contribution in [0.15, 0.2) is 0 Å². The van der Waals surface area contributed by atoms with Crippen LogP contribution in [0.5, 0.6) is 0 Å². The van der Waals surface area contributed by atoms with Crippen LogP contribution in [-0.2, 0) is 12.8 Å². The second-order valence-corrected chi connectivity index (χ2v) is 5.18. The molecule has 1 aromatic rings. The summed E-state index contributed by atoms with van der Waals surface area (Å²) in [5.74, 6) is 0.237. The van der Waals surface area contributed by atoms with Crippen molar-refractivity contribution in [2.45, 2.75) is 40.0 Å². The summed E-state index contributed by atoms with van der Waals surface area (Å²) in [4.78, 5) is 13.7. The summed E-state index contributed by atoms with van der Waals surface area (Å²) in [5, 5.41) is 17.9. The minimum absolute atomic E-state index is 0.350. The van der Waals surface area contributed by atoms with E-state index in [4.69, 9.17) is 0 Å². The van der Waals surface area contributed by atoms with Gasteiger partial charge in [-0.3, -0.25) is 0 Å². The average molecular weight is 263 g/mol. The van der Waals surface area contributed by atoms with Crippen molar-refractivity contribution in [3.05, 3.63) is 16.8 Å². The third-order valence-corrected chi connectivity index (χ3v) is 3.76. The number of aryl methyl sites for hydroxylation is 1. The van der Waals surface area contributed by atoms with E-state index in [1.54, 1.807) is 0 Å². The Morgan fingerprint density at radius 2 is 2.11 bits per heavy atom. The first-order valence-electron chi connectivity index (χ1n) is 6.95. The van der Waals surface area contributed by atoms with E-state index in [0.717, 1.165) is 30.8 Å². The minimum atomic E-state index is -0.893. The molecule has 0 aliphatic carbocycles. The molecular formula is C14H21N3O2. The SMILES string of the molecule is CCc1nnc(N2CCC(C)C2)c(C(=O)O)c1CC. The van der Waals surface area contributed by atoms with Gasteiger partial charge in [0.25, 0.3) is 0 Å². The minimum Gasteiger partial charge on any atom is -0.478 e. The van der Waals surface area contributed by atoms with E-state index in [9.17, 15) is 9.90 Å². The first kappa shape index (κ1) is 13.8. The van der Waals surface area contributed by atoms with Gasteiger partial charge in [0.1, 0.15) is 5.56 Å². The maximum atomic E-state index is 11.6. The van der Waals surface area contributed by atoms with Crippen molar-refractivity contribution in [2.24, 2.45) is 5.92 Å². The van der Waals surface area contributed by atoms with Crippen LogP contribution < -0.4 is 4.90 Å². The van der Waals surface area contributed by atoms with E-state index in [2.05, 4.69) is 22.0 Å². The number of rotatable bonds is 4. The van der Waals surface area contributed by atoms with Gasteiger partial charge >= 0.3 is 5.97 Å². The molecule has 5 nitrogen and oxygen atoms in total. The van der Waals surface area contributed by atoms with Crippen molar-refractivity contribution in [2.75, 3.05) is 18.0 Å². The molecule has 1 aliphatic rings. The zero-order chi connectivity index (χ0) is 14.0. The third-order valence-electron chi connectivity index (χ3n) is 3.76. The second-order valence-electron chi connectivity index (χ2n) is 5.18. The zero-order valence-corrected chi connectivity index (χ0v) is 11.8. The summed E-state index contributed by atoms with van der Waals surface area (Å²) >= 11 is 0. The topological polar surface area (TPSA) is 66.3 Å². The largest absolute Gasteiger partial charge is 0.478 e. The fraction of sp³-hybridized carbons (Fsp3) is 0.643. The molecule has 1 N–H and O–H groups in total. The fourth-order valence-electron chi connectivity index (χ4n) is 2.74. The van der Waals surface area contributed by atoms with Crippen LogP contribution >= 0.6 is 0 Å². The Kier molecular flexibility index (Phi) is 4.02. The summed E-state index contributed by atoms with van der Waals surface area (Å²) in [6.07, 6.45) is 2.47. The first-order valence-corrected chi connectivity index (χ1v) is 6.95. The maximum Gasteiger partial charge on any atom is 0.339 e. The number of aromatic nitrogens is 2. The molecule has 1 aliphatic heterocycles. The average Bonchev–Trinajstić information content (AvgIpc) is 2.83. The van der Waals surface area contributed by atoms with Gasteiger partial charge in [-0.1, -0.05) is 20.8 Å². The molecule has 1 fully saturated rings. The number of aromatic carboxylic acids is 1. The van der Waals surface area contributed by atoms with Gasteiger partial charge in [-0.05, 0) is 30.7 Å². The first-order chi connectivity index (χ1) is 9.08. The molecule has 1 aromatic heterocycles. The van der Waals surface area contributed by atoms with Crippen molar-refractivity contribution in [1.82, 2.24) is 10.2 Å². The standard InChI is InChI=1S/C14H21N3O2/c1-4-10-11(5-2)15-16-13(12(10)14(18)19)17-7-6-9(3)8-17/h9H,4-8H2,1-3H3,(H,18,19). The highest BCUT2D eigenvalue weighted by Crippen LogP contribution is 2.28. The number of hydrogen-bond donors (Lipinski definition) is 1. The molecule has 0 bridgehead atoms. The van der Waals surface area contributed by atoms with Gasteiger partial charge in [0.2, 0.25) is 0 Å². The van der Waals surface area contributed by atoms with Crippen LogP contribution in [0.2, 0.25) is 0 Å². The Balaban J connectivity index is 2.51. The highest BCUT2D eigenvalue weighted by atomic mass is 16.4. The normalized spacial score (nSPS) is 18.9. The lowest BCUT2D eigenvalue weighted by Crippen LogP contribution is -2.25. The Bertz CT molecular complexity index is 488. The Morgan fingerprint density at radius 1 is 1.37 bits per heavy atom. The molecule has 2 heterocycles. The van der Waals surface area contributed by atoms with Gasteiger partial charge in [-0.2, -0.15) is 5.10 Å². The highest BCUT2D eigenvalue weighted by molar-refractivity contribution is 5.95. The van der Waals surface area contributed by atoms with E-state index in [-0.39, 0.29) is 0 Å². The monoisotopic (exact) mass is 263 g/mol. The van der Waals surface area contributed by atoms with Crippen molar-refractivity contribution >= 4 is 11.8 Å². The van der Waals surface area contributed by atoms with E-state index >= 15 is 0 Å². The third kappa shape index (κ3) is 2.55. The summed E-state index contributed by atoms with van der Waals surface area (Å²) in [6, 6.07) is 0. The predicted octanol–water partition coefficient (Wildman–Crippen LogP) is 2.15. The molecule has 0 spiro atoms. The van der Waals surface area contributed by atoms with Crippen LogP contribution in [0.3, 0.4) is 0 Å². The van der Waals surface area contributed by atoms with Gasteiger partial charge in [-0.15, -0.1) is 5.10 Å². The molecule has 1 saturated heterocycles. The van der Waals surface area contributed by atoms with Crippen molar-refractivity contribution < 1.29 is 9.90 Å². The molecule has 0 radical (unpaired) electrons. The van der Waals surface area contributed by atoms with Gasteiger partial charge < -0.3 is 10.0 Å². The fourth-order valence-corrected chi connectivity index (χ4v) is 2.74. The predicted molar refractivity (Wildman–Crippen MR) is 73.7 cm³/mol. The molecular weight excluding hydrogens is 242 g/mol. The van der Waals surface area contributed by atoms with Crippen LogP contribution in [-0.4, -0.2) is 34.4 Å². The molecule has 2 rings (SSSR count). The molecule has 0 aromatic carbocycles. The molecule has 1 unspecified atom stereocenters. The van der Waals surface area contributed by atoms with Gasteiger partial charge in [0, 0.05) is 13.1 Å².